The molecule has 1 unspecified atom stereocenters. The van der Waals surface area contributed by atoms with Crippen molar-refractivity contribution in [3.8, 4) is 0 Å². The fourth-order valence-electron chi connectivity index (χ4n) is 2.92. The Balaban J connectivity index is 1.54. The third kappa shape index (κ3) is 3.56. The number of aryl methyl sites for hydroxylation is 1. The van der Waals surface area contributed by atoms with Gasteiger partial charge in [0.2, 0.25) is 5.91 Å². The molecule has 1 aliphatic rings. The number of rotatable bonds is 4. The molecule has 1 amide bonds. The van der Waals surface area contributed by atoms with Gasteiger partial charge in [-0.15, -0.1) is 0 Å². The van der Waals surface area contributed by atoms with Crippen LogP contribution in [0.4, 0.5) is 0 Å². The minimum Gasteiger partial charge on any atom is -0.387 e. The number of carbonyl (C=O) groups excluding carboxylic acids is 1. The number of piperidine rings is 1. The van der Waals surface area contributed by atoms with Gasteiger partial charge in [-0.1, -0.05) is 16.4 Å². The van der Waals surface area contributed by atoms with E-state index in [0.717, 1.165) is 12.8 Å². The number of carbonyl (C=O) groups is 1. The molecule has 3 heterocycles. The van der Waals surface area contributed by atoms with Crippen molar-refractivity contribution >= 4 is 5.91 Å². The molecule has 0 bridgehead atoms. The van der Waals surface area contributed by atoms with E-state index in [4.69, 9.17) is 0 Å². The quantitative estimate of drug-likeness (QED) is 0.913. The van der Waals surface area contributed by atoms with Crippen LogP contribution in [0.3, 0.4) is 0 Å². The zero-order chi connectivity index (χ0) is 16.2. The topological polar surface area (TPSA) is 92.4 Å². The second-order valence-electron chi connectivity index (χ2n) is 5.89. The fourth-order valence-corrected chi connectivity index (χ4v) is 2.92. The van der Waals surface area contributed by atoms with E-state index in [2.05, 4.69) is 19.9 Å². The number of pyridine rings is 1. The van der Waals surface area contributed by atoms with Crippen molar-refractivity contribution in [3.05, 3.63) is 41.5 Å². The van der Waals surface area contributed by atoms with Crippen molar-refractivity contribution in [1.82, 2.24) is 20.2 Å². The van der Waals surface area contributed by atoms with Crippen LogP contribution in [-0.2, 0) is 11.2 Å². The number of hydrogen-bond acceptors (Lipinski definition) is 6. The molecule has 0 radical (unpaired) electrons. The molecule has 0 spiro atoms. The van der Waals surface area contributed by atoms with Gasteiger partial charge in [0.1, 0.15) is 11.4 Å². The summed E-state index contributed by atoms with van der Waals surface area (Å²) in [4.78, 5) is 18.3. The molecule has 2 aromatic rings. The average molecular weight is 316 g/mol. The van der Waals surface area contributed by atoms with Crippen LogP contribution in [0.15, 0.2) is 29.0 Å². The van der Waals surface area contributed by atoms with Crippen LogP contribution in [0.1, 0.15) is 36.0 Å². The standard InChI is InChI=1S/C16H20N4O3/c1-11-14(19-23-18-11)10-15(21)20-8-5-12(6-9-20)16(22)13-4-2-3-7-17-13/h2-4,7,12,16,22H,5-6,8-10H2,1H3. The zero-order valence-corrected chi connectivity index (χ0v) is 13.1. The lowest BCUT2D eigenvalue weighted by Crippen LogP contribution is -2.40. The number of amides is 1. The van der Waals surface area contributed by atoms with E-state index < -0.39 is 6.10 Å². The van der Waals surface area contributed by atoms with Gasteiger partial charge in [0.15, 0.2) is 0 Å². The normalized spacial score (nSPS) is 17.2. The van der Waals surface area contributed by atoms with Crippen LogP contribution >= 0.6 is 0 Å². The summed E-state index contributed by atoms with van der Waals surface area (Å²) in [6, 6.07) is 5.54. The Kier molecular flexibility index (Phi) is 4.66. The first-order chi connectivity index (χ1) is 11.1. The highest BCUT2D eigenvalue weighted by atomic mass is 16.6. The molecule has 0 aliphatic carbocycles. The van der Waals surface area contributed by atoms with Gasteiger partial charge in [-0.05, 0) is 37.8 Å². The summed E-state index contributed by atoms with van der Waals surface area (Å²) in [6.45, 7) is 3.05. The molecule has 1 fully saturated rings. The van der Waals surface area contributed by atoms with Crippen LogP contribution in [-0.4, -0.2) is 44.3 Å². The number of nitrogens with zero attached hydrogens (tertiary/aromatic N) is 4. The summed E-state index contributed by atoms with van der Waals surface area (Å²) >= 11 is 0. The van der Waals surface area contributed by atoms with Gasteiger partial charge in [0.05, 0.1) is 18.2 Å². The van der Waals surface area contributed by atoms with Crippen LogP contribution in [0, 0.1) is 12.8 Å². The predicted octanol–water partition coefficient (Wildman–Crippen LogP) is 1.29. The first kappa shape index (κ1) is 15.6. The largest absolute Gasteiger partial charge is 0.387 e. The molecule has 23 heavy (non-hydrogen) atoms. The molecule has 1 atom stereocenters. The summed E-state index contributed by atoms with van der Waals surface area (Å²) in [5, 5.41) is 17.9. The second-order valence-corrected chi connectivity index (χ2v) is 5.89. The molecule has 0 aromatic carbocycles. The molecule has 3 rings (SSSR count). The first-order valence-electron chi connectivity index (χ1n) is 7.80. The molecule has 1 N–H and O–H groups in total. The van der Waals surface area contributed by atoms with Gasteiger partial charge < -0.3 is 10.0 Å². The maximum Gasteiger partial charge on any atom is 0.228 e. The predicted molar refractivity (Wildman–Crippen MR) is 81.2 cm³/mol. The Morgan fingerprint density at radius 3 is 2.78 bits per heavy atom. The van der Waals surface area contributed by atoms with Crippen LogP contribution in [0.5, 0.6) is 0 Å². The number of hydrogen-bond donors (Lipinski definition) is 1. The molecular weight excluding hydrogens is 296 g/mol. The van der Waals surface area contributed by atoms with Crippen molar-refractivity contribution < 1.29 is 14.5 Å². The molecule has 122 valence electrons. The van der Waals surface area contributed by atoms with Crippen molar-refractivity contribution in [1.29, 1.82) is 0 Å². The van der Waals surface area contributed by atoms with Crippen molar-refractivity contribution in [2.45, 2.75) is 32.3 Å². The maximum absolute atomic E-state index is 12.3. The Labute approximate surface area is 134 Å². The molecule has 7 heteroatoms. The second kappa shape index (κ2) is 6.87. The number of aliphatic hydroxyl groups is 1. The molecular formula is C16H20N4O3. The van der Waals surface area contributed by atoms with Gasteiger partial charge in [0.25, 0.3) is 0 Å². The number of aromatic nitrogens is 3. The van der Waals surface area contributed by atoms with E-state index in [-0.39, 0.29) is 18.2 Å². The van der Waals surface area contributed by atoms with Gasteiger partial charge in [-0.3, -0.25) is 9.78 Å². The third-order valence-corrected chi connectivity index (χ3v) is 4.39. The van der Waals surface area contributed by atoms with Crippen LogP contribution < -0.4 is 0 Å². The summed E-state index contributed by atoms with van der Waals surface area (Å²) in [6.07, 6.45) is 2.85. The van der Waals surface area contributed by atoms with Crippen LogP contribution in [0.2, 0.25) is 0 Å². The molecule has 1 saturated heterocycles. The minimum atomic E-state index is -0.574. The highest BCUT2D eigenvalue weighted by molar-refractivity contribution is 5.78. The van der Waals surface area contributed by atoms with Gasteiger partial charge >= 0.3 is 0 Å². The van der Waals surface area contributed by atoms with E-state index in [0.29, 0.717) is 30.2 Å². The van der Waals surface area contributed by atoms with E-state index in [1.165, 1.54) is 0 Å². The van der Waals surface area contributed by atoms with E-state index >= 15 is 0 Å². The summed E-state index contributed by atoms with van der Waals surface area (Å²) in [5.41, 5.74) is 1.94. The van der Waals surface area contributed by atoms with Crippen molar-refractivity contribution in [2.75, 3.05) is 13.1 Å². The Bertz CT molecular complexity index is 650. The fraction of sp³-hybridized carbons (Fsp3) is 0.500. The maximum atomic E-state index is 12.3. The lowest BCUT2D eigenvalue weighted by Gasteiger charge is -2.34. The number of aliphatic hydroxyl groups excluding tert-OH is 1. The summed E-state index contributed by atoms with van der Waals surface area (Å²) < 4.78 is 4.62. The average Bonchev–Trinajstić information content (AvgIpc) is 3.00. The molecule has 2 aromatic heterocycles. The first-order valence-corrected chi connectivity index (χ1v) is 7.80. The molecule has 7 nitrogen and oxygen atoms in total. The van der Waals surface area contributed by atoms with E-state index in [1.54, 1.807) is 13.1 Å². The van der Waals surface area contributed by atoms with Gasteiger partial charge in [0, 0.05) is 19.3 Å². The van der Waals surface area contributed by atoms with Crippen LogP contribution in [0.25, 0.3) is 0 Å². The third-order valence-electron chi connectivity index (χ3n) is 4.39. The Morgan fingerprint density at radius 2 is 2.17 bits per heavy atom. The SMILES string of the molecule is Cc1nonc1CC(=O)N1CCC(C(O)c2ccccn2)CC1. The van der Waals surface area contributed by atoms with Crippen molar-refractivity contribution in [3.63, 3.8) is 0 Å². The smallest absolute Gasteiger partial charge is 0.228 e. The highest BCUT2D eigenvalue weighted by Gasteiger charge is 2.29. The molecule has 1 aliphatic heterocycles. The highest BCUT2D eigenvalue weighted by Crippen LogP contribution is 2.29. The number of likely N-dealkylation sites (tertiary alicyclic amines) is 1. The monoisotopic (exact) mass is 316 g/mol. The van der Waals surface area contributed by atoms with E-state index in [1.807, 2.05) is 23.1 Å². The summed E-state index contributed by atoms with van der Waals surface area (Å²) in [7, 11) is 0. The van der Waals surface area contributed by atoms with Gasteiger partial charge in [-0.2, -0.15) is 0 Å². The van der Waals surface area contributed by atoms with Crippen molar-refractivity contribution in [2.24, 2.45) is 5.92 Å². The molecule has 0 saturated carbocycles. The zero-order valence-electron chi connectivity index (χ0n) is 13.1. The lowest BCUT2D eigenvalue weighted by atomic mass is 9.89. The van der Waals surface area contributed by atoms with Gasteiger partial charge in [-0.25, -0.2) is 4.63 Å². The minimum absolute atomic E-state index is 0.0228. The lowest BCUT2D eigenvalue weighted by molar-refractivity contribution is -0.132. The summed E-state index contributed by atoms with van der Waals surface area (Å²) in [5.74, 6) is 0.152. The Hall–Kier alpha value is -2.28. The Morgan fingerprint density at radius 1 is 1.39 bits per heavy atom. The van der Waals surface area contributed by atoms with E-state index in [9.17, 15) is 9.90 Å².